The molecule has 0 bridgehead atoms. The van der Waals surface area contributed by atoms with E-state index in [1.807, 2.05) is 0 Å². The van der Waals surface area contributed by atoms with Crippen LogP contribution < -0.4 is 5.32 Å². The molecule has 2 rings (SSSR count). The fourth-order valence-electron chi connectivity index (χ4n) is 1.67. The summed E-state index contributed by atoms with van der Waals surface area (Å²) in [5.74, 6) is 4.71. The van der Waals surface area contributed by atoms with Gasteiger partial charge in [-0.15, -0.1) is 0 Å². The van der Waals surface area contributed by atoms with Crippen molar-refractivity contribution in [1.29, 1.82) is 0 Å². The number of nitrogens with zero attached hydrogens (tertiary/aromatic N) is 1. The maximum absolute atomic E-state index is 13.1. The molecule has 0 unspecified atom stereocenters. The number of carbonyl (C=O) groups is 1. The first kappa shape index (κ1) is 14.7. The van der Waals surface area contributed by atoms with Crippen LogP contribution >= 0.6 is 0 Å². The van der Waals surface area contributed by atoms with Crippen LogP contribution in [0.2, 0.25) is 0 Å². The molecule has 1 amide bonds. The van der Waals surface area contributed by atoms with E-state index in [1.54, 1.807) is 6.07 Å². The van der Waals surface area contributed by atoms with Gasteiger partial charge in [0.1, 0.15) is 5.82 Å². The van der Waals surface area contributed by atoms with Crippen molar-refractivity contribution in [2.45, 2.75) is 6.42 Å². The Balaban J connectivity index is 2.22. The monoisotopic (exact) mass is 284 g/mol. The van der Waals surface area contributed by atoms with Crippen molar-refractivity contribution in [3.05, 3.63) is 59.7 Å². The van der Waals surface area contributed by atoms with E-state index in [-0.39, 0.29) is 6.61 Å². The van der Waals surface area contributed by atoms with E-state index in [1.165, 1.54) is 36.7 Å². The molecule has 4 nitrogen and oxygen atoms in total. The van der Waals surface area contributed by atoms with Gasteiger partial charge in [-0.2, -0.15) is 0 Å². The zero-order valence-corrected chi connectivity index (χ0v) is 11.1. The quantitative estimate of drug-likeness (QED) is 0.849. The van der Waals surface area contributed by atoms with E-state index in [4.69, 9.17) is 5.11 Å². The van der Waals surface area contributed by atoms with Crippen molar-refractivity contribution in [1.82, 2.24) is 4.98 Å². The van der Waals surface area contributed by atoms with E-state index in [0.717, 1.165) is 0 Å². The summed E-state index contributed by atoms with van der Waals surface area (Å²) in [6, 6.07) is 7.18. The van der Waals surface area contributed by atoms with Crippen LogP contribution in [-0.4, -0.2) is 22.6 Å². The molecule has 0 saturated heterocycles. The number of aliphatic hydroxyl groups is 1. The largest absolute Gasteiger partial charge is 0.395 e. The molecule has 0 fully saturated rings. The number of aliphatic hydroxyl groups excluding tert-OH is 1. The summed E-state index contributed by atoms with van der Waals surface area (Å²) in [4.78, 5) is 16.1. The third-order valence-electron chi connectivity index (χ3n) is 2.61. The summed E-state index contributed by atoms with van der Waals surface area (Å²) < 4.78 is 13.1. The van der Waals surface area contributed by atoms with Crippen molar-refractivity contribution >= 4 is 11.6 Å². The number of pyridine rings is 1. The van der Waals surface area contributed by atoms with Crippen LogP contribution in [0.1, 0.15) is 22.3 Å². The van der Waals surface area contributed by atoms with Crippen LogP contribution in [0.3, 0.4) is 0 Å². The van der Waals surface area contributed by atoms with Crippen LogP contribution in [0.4, 0.5) is 10.1 Å². The van der Waals surface area contributed by atoms with Gasteiger partial charge in [-0.3, -0.25) is 9.78 Å². The lowest BCUT2D eigenvalue weighted by Crippen LogP contribution is -2.13. The fourth-order valence-corrected chi connectivity index (χ4v) is 1.67. The van der Waals surface area contributed by atoms with Crippen LogP contribution in [-0.2, 0) is 0 Å². The van der Waals surface area contributed by atoms with E-state index in [0.29, 0.717) is 23.2 Å². The summed E-state index contributed by atoms with van der Waals surface area (Å²) in [5, 5.41) is 11.3. The van der Waals surface area contributed by atoms with Crippen LogP contribution in [0.15, 0.2) is 42.7 Å². The van der Waals surface area contributed by atoms with E-state index in [9.17, 15) is 9.18 Å². The first-order valence-corrected chi connectivity index (χ1v) is 6.31. The molecule has 0 radical (unpaired) electrons. The lowest BCUT2D eigenvalue weighted by Gasteiger charge is -2.06. The Kier molecular flexibility index (Phi) is 5.02. The predicted molar refractivity (Wildman–Crippen MR) is 77.2 cm³/mol. The Morgan fingerprint density at radius 2 is 2.24 bits per heavy atom. The lowest BCUT2D eigenvalue weighted by atomic mass is 10.1. The molecule has 2 aromatic rings. The van der Waals surface area contributed by atoms with Gasteiger partial charge in [0.05, 0.1) is 17.7 Å². The highest BCUT2D eigenvalue weighted by Crippen LogP contribution is 2.13. The standard InChI is InChI=1S/C16H13FN2O2/c17-13-5-3-6-14(10-13)19-16(21)15-7-8-18-11-12(15)4-1-2-9-20/h3,5-8,10-11,20H,2,9H2,(H,19,21). The number of anilines is 1. The topological polar surface area (TPSA) is 62.2 Å². The minimum Gasteiger partial charge on any atom is -0.395 e. The second-order valence-corrected chi connectivity index (χ2v) is 4.16. The van der Waals surface area contributed by atoms with Crippen molar-refractivity contribution < 1.29 is 14.3 Å². The van der Waals surface area contributed by atoms with Gasteiger partial charge in [0, 0.05) is 24.5 Å². The third kappa shape index (κ3) is 4.13. The SMILES string of the molecule is O=C(Nc1cccc(F)c1)c1ccncc1C#CCCO. The molecular formula is C16H13FN2O2. The lowest BCUT2D eigenvalue weighted by molar-refractivity contribution is 0.102. The molecular weight excluding hydrogens is 271 g/mol. The van der Waals surface area contributed by atoms with Crippen molar-refractivity contribution in [3.8, 4) is 11.8 Å². The Hall–Kier alpha value is -2.71. The van der Waals surface area contributed by atoms with Gasteiger partial charge in [0.2, 0.25) is 0 Å². The van der Waals surface area contributed by atoms with Crippen molar-refractivity contribution in [2.24, 2.45) is 0 Å². The number of carbonyl (C=O) groups excluding carboxylic acids is 1. The van der Waals surface area contributed by atoms with Gasteiger partial charge in [-0.05, 0) is 24.3 Å². The van der Waals surface area contributed by atoms with Gasteiger partial charge in [0.25, 0.3) is 5.91 Å². The summed E-state index contributed by atoms with van der Waals surface area (Å²) in [6.45, 7) is -0.0436. The molecule has 0 aliphatic carbocycles. The Bertz CT molecular complexity index is 705. The summed E-state index contributed by atoms with van der Waals surface area (Å²) >= 11 is 0. The number of halogens is 1. The number of aromatic nitrogens is 1. The summed E-state index contributed by atoms with van der Waals surface area (Å²) in [7, 11) is 0. The molecule has 0 saturated carbocycles. The smallest absolute Gasteiger partial charge is 0.257 e. The molecule has 1 aromatic heterocycles. The van der Waals surface area contributed by atoms with Gasteiger partial charge in [-0.25, -0.2) is 4.39 Å². The summed E-state index contributed by atoms with van der Waals surface area (Å²) in [5.41, 5.74) is 1.17. The highest BCUT2D eigenvalue weighted by atomic mass is 19.1. The summed E-state index contributed by atoms with van der Waals surface area (Å²) in [6.07, 6.45) is 3.28. The molecule has 0 aliphatic rings. The molecule has 1 heterocycles. The van der Waals surface area contributed by atoms with Crippen LogP contribution in [0.25, 0.3) is 0 Å². The van der Waals surface area contributed by atoms with Crippen molar-refractivity contribution in [3.63, 3.8) is 0 Å². The van der Waals surface area contributed by atoms with E-state index in [2.05, 4.69) is 22.1 Å². The minimum absolute atomic E-state index is 0.0436. The van der Waals surface area contributed by atoms with Gasteiger partial charge in [-0.1, -0.05) is 17.9 Å². The van der Waals surface area contributed by atoms with Gasteiger partial charge < -0.3 is 10.4 Å². The first-order chi connectivity index (χ1) is 10.2. The van der Waals surface area contributed by atoms with Crippen LogP contribution in [0, 0.1) is 17.7 Å². The maximum Gasteiger partial charge on any atom is 0.257 e. The Morgan fingerprint density at radius 1 is 1.38 bits per heavy atom. The number of hydrogen-bond donors (Lipinski definition) is 2. The second kappa shape index (κ2) is 7.17. The van der Waals surface area contributed by atoms with Crippen molar-refractivity contribution in [2.75, 3.05) is 11.9 Å². The number of nitrogens with one attached hydrogen (secondary N) is 1. The average Bonchev–Trinajstić information content (AvgIpc) is 2.48. The number of hydrogen-bond acceptors (Lipinski definition) is 3. The number of benzene rings is 1. The Labute approximate surface area is 121 Å². The fraction of sp³-hybridized carbons (Fsp3) is 0.125. The van der Waals surface area contributed by atoms with Gasteiger partial charge in [0.15, 0.2) is 0 Å². The normalized spacial score (nSPS) is 9.62. The molecule has 2 N–H and O–H groups in total. The predicted octanol–water partition coefficient (Wildman–Crippen LogP) is 2.21. The molecule has 0 atom stereocenters. The molecule has 0 spiro atoms. The molecule has 21 heavy (non-hydrogen) atoms. The highest BCUT2D eigenvalue weighted by molar-refractivity contribution is 6.05. The Morgan fingerprint density at radius 3 is 3.00 bits per heavy atom. The highest BCUT2D eigenvalue weighted by Gasteiger charge is 2.10. The third-order valence-corrected chi connectivity index (χ3v) is 2.61. The zero-order chi connectivity index (χ0) is 15.1. The zero-order valence-electron chi connectivity index (χ0n) is 11.1. The first-order valence-electron chi connectivity index (χ1n) is 6.31. The van der Waals surface area contributed by atoms with Gasteiger partial charge >= 0.3 is 0 Å². The van der Waals surface area contributed by atoms with E-state index < -0.39 is 11.7 Å². The number of amides is 1. The van der Waals surface area contributed by atoms with E-state index >= 15 is 0 Å². The molecule has 106 valence electrons. The second-order valence-electron chi connectivity index (χ2n) is 4.16. The number of rotatable bonds is 3. The minimum atomic E-state index is -0.425. The van der Waals surface area contributed by atoms with Crippen LogP contribution in [0.5, 0.6) is 0 Å². The molecule has 0 aliphatic heterocycles. The maximum atomic E-state index is 13.1. The molecule has 1 aromatic carbocycles. The molecule has 5 heteroatoms. The average molecular weight is 284 g/mol.